The molecule has 1 aromatic rings. The van der Waals surface area contributed by atoms with Gasteiger partial charge >= 0.3 is 5.97 Å². The predicted molar refractivity (Wildman–Crippen MR) is 57.4 cm³/mol. The van der Waals surface area contributed by atoms with Crippen LogP contribution in [0.2, 0.25) is 0 Å². The van der Waals surface area contributed by atoms with E-state index in [0.29, 0.717) is 0 Å². The van der Waals surface area contributed by atoms with E-state index in [0.717, 1.165) is 11.3 Å². The number of hydrogen-bond acceptors (Lipinski definition) is 4. The molecule has 0 fully saturated rings. The summed E-state index contributed by atoms with van der Waals surface area (Å²) in [6.07, 6.45) is 0. The summed E-state index contributed by atoms with van der Waals surface area (Å²) in [4.78, 5) is 33.0. The Hall–Kier alpha value is -1.89. The van der Waals surface area contributed by atoms with Crippen LogP contribution in [0.25, 0.3) is 0 Å². The van der Waals surface area contributed by atoms with Crippen LogP contribution in [0.4, 0.5) is 0 Å². The molecule has 1 heterocycles. The highest BCUT2D eigenvalue weighted by Gasteiger charge is 2.17. The van der Waals surface area contributed by atoms with E-state index < -0.39 is 23.8 Å². The summed E-state index contributed by atoms with van der Waals surface area (Å²) in [5, 5.41) is 12.3. The standard InChI is InChI=1S/C9H10N2O4S/c1-4(9(14)15)11-8(13)6-2-5(3-16-6)7(10)12/h2-4H,1H3,(H2,10,12)(H,11,13)(H,14,15). The smallest absolute Gasteiger partial charge is 0.325 e. The number of nitrogens with two attached hydrogens (primary N) is 1. The number of nitrogens with one attached hydrogen (secondary N) is 1. The Morgan fingerprint density at radius 1 is 1.50 bits per heavy atom. The van der Waals surface area contributed by atoms with Gasteiger partial charge < -0.3 is 16.2 Å². The third kappa shape index (κ3) is 2.80. The maximum atomic E-state index is 11.5. The Kier molecular flexibility index (Phi) is 3.62. The molecular formula is C9H10N2O4S. The molecule has 0 spiro atoms. The van der Waals surface area contributed by atoms with E-state index in [1.54, 1.807) is 0 Å². The monoisotopic (exact) mass is 242 g/mol. The molecule has 86 valence electrons. The van der Waals surface area contributed by atoms with Gasteiger partial charge in [-0.1, -0.05) is 0 Å². The third-order valence-corrected chi connectivity index (χ3v) is 2.75. The minimum absolute atomic E-state index is 0.234. The van der Waals surface area contributed by atoms with Crippen LogP contribution in [0.1, 0.15) is 27.0 Å². The molecule has 6 nitrogen and oxygen atoms in total. The number of carbonyl (C=O) groups is 3. The SMILES string of the molecule is CC(NC(=O)c1cc(C(N)=O)cs1)C(=O)O. The minimum Gasteiger partial charge on any atom is -0.480 e. The largest absolute Gasteiger partial charge is 0.480 e. The second-order valence-electron chi connectivity index (χ2n) is 3.10. The van der Waals surface area contributed by atoms with Crippen LogP contribution in [0.15, 0.2) is 11.4 Å². The topological polar surface area (TPSA) is 109 Å². The Morgan fingerprint density at radius 2 is 2.12 bits per heavy atom. The van der Waals surface area contributed by atoms with Gasteiger partial charge in [0.1, 0.15) is 6.04 Å². The summed E-state index contributed by atoms with van der Waals surface area (Å²) in [5.74, 6) is -2.28. The first-order chi connectivity index (χ1) is 7.41. The molecule has 1 rings (SSSR count). The van der Waals surface area contributed by atoms with Crippen LogP contribution in [0.3, 0.4) is 0 Å². The number of rotatable bonds is 4. The molecule has 4 N–H and O–H groups in total. The Bertz CT molecular complexity index is 440. The molecule has 0 aliphatic rings. The number of carboxylic acid groups (broad SMARTS) is 1. The molecule has 0 aliphatic carbocycles. The quantitative estimate of drug-likeness (QED) is 0.692. The number of amides is 2. The molecule has 0 bridgehead atoms. The predicted octanol–water partition coefficient (Wildman–Crippen LogP) is 0.0499. The zero-order valence-corrected chi connectivity index (χ0v) is 9.21. The first kappa shape index (κ1) is 12.2. The molecule has 0 aliphatic heterocycles. The number of primary amides is 1. The number of carboxylic acids is 1. The van der Waals surface area contributed by atoms with Gasteiger partial charge in [-0.3, -0.25) is 14.4 Å². The van der Waals surface area contributed by atoms with E-state index >= 15 is 0 Å². The fourth-order valence-corrected chi connectivity index (χ4v) is 1.71. The minimum atomic E-state index is -1.12. The molecule has 0 aromatic carbocycles. The van der Waals surface area contributed by atoms with Crippen LogP contribution in [-0.4, -0.2) is 28.9 Å². The lowest BCUT2D eigenvalue weighted by molar-refractivity contribution is -0.138. The highest BCUT2D eigenvalue weighted by atomic mass is 32.1. The third-order valence-electron chi connectivity index (χ3n) is 1.83. The van der Waals surface area contributed by atoms with Crippen LogP contribution in [0.5, 0.6) is 0 Å². The van der Waals surface area contributed by atoms with Gasteiger partial charge in [0.15, 0.2) is 0 Å². The average molecular weight is 242 g/mol. The molecular weight excluding hydrogens is 232 g/mol. The molecule has 0 saturated heterocycles. The van der Waals surface area contributed by atoms with Crippen molar-refractivity contribution in [3.63, 3.8) is 0 Å². The second-order valence-corrected chi connectivity index (χ2v) is 4.01. The fourth-order valence-electron chi connectivity index (χ4n) is 0.914. The van der Waals surface area contributed by atoms with Crippen molar-refractivity contribution in [2.75, 3.05) is 0 Å². The molecule has 2 amide bonds. The molecule has 7 heteroatoms. The maximum absolute atomic E-state index is 11.5. The van der Waals surface area contributed by atoms with E-state index in [1.165, 1.54) is 18.4 Å². The lowest BCUT2D eigenvalue weighted by Gasteiger charge is -2.07. The van der Waals surface area contributed by atoms with Crippen LogP contribution >= 0.6 is 11.3 Å². The summed E-state index contributed by atoms with van der Waals surface area (Å²) in [6.45, 7) is 1.35. The molecule has 16 heavy (non-hydrogen) atoms. The summed E-state index contributed by atoms with van der Waals surface area (Å²) < 4.78 is 0. The van der Waals surface area contributed by atoms with Gasteiger partial charge in [0.25, 0.3) is 5.91 Å². The summed E-state index contributed by atoms with van der Waals surface area (Å²) in [6, 6.07) is 0.350. The van der Waals surface area contributed by atoms with Crippen molar-refractivity contribution >= 4 is 29.1 Å². The summed E-state index contributed by atoms with van der Waals surface area (Å²) in [5.41, 5.74) is 5.25. The number of hydrogen-bond donors (Lipinski definition) is 3. The van der Waals surface area contributed by atoms with Gasteiger partial charge in [-0.15, -0.1) is 11.3 Å². The summed E-state index contributed by atoms with van der Waals surface area (Å²) >= 11 is 1.03. The molecule has 1 aromatic heterocycles. The van der Waals surface area contributed by atoms with Crippen molar-refractivity contribution in [1.29, 1.82) is 0 Å². The van der Waals surface area contributed by atoms with Gasteiger partial charge in [0.2, 0.25) is 5.91 Å². The first-order valence-electron chi connectivity index (χ1n) is 4.34. The summed E-state index contributed by atoms with van der Waals surface area (Å²) in [7, 11) is 0. The van der Waals surface area contributed by atoms with Crippen molar-refractivity contribution in [3.8, 4) is 0 Å². The fraction of sp³-hybridized carbons (Fsp3) is 0.222. The van der Waals surface area contributed by atoms with E-state index in [2.05, 4.69) is 5.32 Å². The maximum Gasteiger partial charge on any atom is 0.325 e. The van der Waals surface area contributed by atoms with E-state index in [9.17, 15) is 14.4 Å². The van der Waals surface area contributed by atoms with Crippen molar-refractivity contribution < 1.29 is 19.5 Å². The van der Waals surface area contributed by atoms with Gasteiger partial charge in [0.05, 0.1) is 10.4 Å². The van der Waals surface area contributed by atoms with Crippen molar-refractivity contribution in [3.05, 3.63) is 21.9 Å². The van der Waals surface area contributed by atoms with Crippen LogP contribution < -0.4 is 11.1 Å². The number of thiophene rings is 1. The Morgan fingerprint density at radius 3 is 2.56 bits per heavy atom. The Labute approximate surface area is 95.1 Å². The van der Waals surface area contributed by atoms with E-state index in [1.807, 2.05) is 0 Å². The highest BCUT2D eigenvalue weighted by molar-refractivity contribution is 7.12. The normalized spacial score (nSPS) is 11.8. The van der Waals surface area contributed by atoms with Crippen molar-refractivity contribution in [2.24, 2.45) is 5.73 Å². The van der Waals surface area contributed by atoms with Gasteiger partial charge in [0, 0.05) is 5.38 Å². The number of aliphatic carboxylic acids is 1. The zero-order valence-electron chi connectivity index (χ0n) is 8.39. The number of carbonyl (C=O) groups excluding carboxylic acids is 2. The van der Waals surface area contributed by atoms with E-state index in [-0.39, 0.29) is 10.4 Å². The molecule has 1 unspecified atom stereocenters. The van der Waals surface area contributed by atoms with Crippen molar-refractivity contribution in [1.82, 2.24) is 5.32 Å². The van der Waals surface area contributed by atoms with E-state index in [4.69, 9.17) is 10.8 Å². The van der Waals surface area contributed by atoms with Gasteiger partial charge in [-0.2, -0.15) is 0 Å². The van der Waals surface area contributed by atoms with Crippen LogP contribution in [-0.2, 0) is 4.79 Å². The average Bonchev–Trinajstić information content (AvgIpc) is 2.65. The highest BCUT2D eigenvalue weighted by Crippen LogP contribution is 2.14. The van der Waals surface area contributed by atoms with Crippen molar-refractivity contribution in [2.45, 2.75) is 13.0 Å². The second kappa shape index (κ2) is 4.75. The first-order valence-corrected chi connectivity index (χ1v) is 5.21. The lowest BCUT2D eigenvalue weighted by Crippen LogP contribution is -2.37. The zero-order chi connectivity index (χ0) is 12.3. The molecule has 0 saturated carbocycles. The van der Waals surface area contributed by atoms with Crippen LogP contribution in [0, 0.1) is 0 Å². The molecule has 0 radical (unpaired) electrons. The van der Waals surface area contributed by atoms with Gasteiger partial charge in [-0.05, 0) is 13.0 Å². The Balaban J connectivity index is 2.73. The molecule has 1 atom stereocenters. The lowest BCUT2D eigenvalue weighted by atomic mass is 10.3. The van der Waals surface area contributed by atoms with Gasteiger partial charge in [-0.25, -0.2) is 0 Å².